The third kappa shape index (κ3) is 3.81. The molecule has 44 heavy (non-hydrogen) atoms. The highest BCUT2D eigenvalue weighted by atomic mass is 15.0. The topological polar surface area (TPSA) is 34.2 Å². The van der Waals surface area contributed by atoms with E-state index < -0.39 is 0 Å². The number of nitrogens with one attached hydrogen (secondary N) is 1. The maximum atomic E-state index is 4.73. The first kappa shape index (κ1) is 24.7. The van der Waals surface area contributed by atoms with E-state index in [-0.39, 0.29) is 0 Å². The Labute approximate surface area is 254 Å². The lowest BCUT2D eigenvalue weighted by atomic mass is 10.0. The van der Waals surface area contributed by atoms with Gasteiger partial charge < -0.3 is 14.5 Å². The van der Waals surface area contributed by atoms with Crippen molar-refractivity contribution in [3.63, 3.8) is 0 Å². The second-order valence-electron chi connectivity index (χ2n) is 11.3. The number of para-hydroxylation sites is 3. The molecule has 1 aliphatic heterocycles. The molecule has 3 heterocycles. The van der Waals surface area contributed by atoms with Crippen LogP contribution in [0.25, 0.3) is 60.6 Å². The monoisotopic (exact) mass is 564 g/mol. The van der Waals surface area contributed by atoms with Crippen molar-refractivity contribution in [2.75, 3.05) is 6.54 Å². The number of hydrogen-bond acceptors (Lipinski definition) is 2. The van der Waals surface area contributed by atoms with Gasteiger partial charge in [0.05, 0.1) is 22.1 Å². The van der Waals surface area contributed by atoms with E-state index in [9.17, 15) is 0 Å². The Balaban J connectivity index is 1.21. The van der Waals surface area contributed by atoms with Crippen molar-refractivity contribution in [3.05, 3.63) is 163 Å². The van der Waals surface area contributed by atoms with Crippen LogP contribution in [0.2, 0.25) is 0 Å². The number of aromatic nitrogens is 2. The van der Waals surface area contributed by atoms with E-state index in [1.165, 1.54) is 54.7 Å². The molecule has 0 aliphatic carbocycles. The molecule has 0 spiro atoms. The van der Waals surface area contributed by atoms with E-state index in [4.69, 9.17) is 4.99 Å². The van der Waals surface area contributed by atoms with Crippen molar-refractivity contribution in [1.82, 2.24) is 14.5 Å². The SMILES string of the molecule is C1=C(c2ccc(-n3c4ccccc4c4cc5c6ccccc6n(-c6ccccc6)c5cc43)cc2)CNC(c2ccccc2)=N1. The Kier molecular flexibility index (Phi) is 5.53. The average Bonchev–Trinajstić information content (AvgIpc) is 3.60. The van der Waals surface area contributed by atoms with Crippen LogP contribution in [0.4, 0.5) is 0 Å². The van der Waals surface area contributed by atoms with Crippen molar-refractivity contribution >= 4 is 55.0 Å². The molecule has 4 heteroatoms. The van der Waals surface area contributed by atoms with Crippen molar-refractivity contribution in [1.29, 1.82) is 0 Å². The minimum atomic E-state index is 0.741. The zero-order valence-electron chi connectivity index (χ0n) is 24.0. The van der Waals surface area contributed by atoms with Crippen LogP contribution in [0.15, 0.2) is 157 Å². The fraction of sp³-hybridized carbons (Fsp3) is 0.0250. The number of aliphatic imine (C=N–C) groups is 1. The van der Waals surface area contributed by atoms with Crippen molar-refractivity contribution in [3.8, 4) is 11.4 Å². The Bertz CT molecular complexity index is 2410. The predicted molar refractivity (Wildman–Crippen MR) is 184 cm³/mol. The van der Waals surface area contributed by atoms with Gasteiger partial charge in [-0.2, -0.15) is 0 Å². The Morgan fingerprint density at radius 2 is 1.00 bits per heavy atom. The maximum absolute atomic E-state index is 4.73. The molecule has 0 saturated heterocycles. The molecule has 4 nitrogen and oxygen atoms in total. The van der Waals surface area contributed by atoms with Crippen LogP contribution >= 0.6 is 0 Å². The molecule has 9 rings (SSSR count). The van der Waals surface area contributed by atoms with Crippen LogP contribution < -0.4 is 5.32 Å². The third-order valence-electron chi connectivity index (χ3n) is 8.82. The Morgan fingerprint density at radius 3 is 1.59 bits per heavy atom. The van der Waals surface area contributed by atoms with Crippen molar-refractivity contribution < 1.29 is 0 Å². The summed E-state index contributed by atoms with van der Waals surface area (Å²) < 4.78 is 4.79. The second-order valence-corrected chi connectivity index (χ2v) is 11.3. The van der Waals surface area contributed by atoms with Gasteiger partial charge in [0.1, 0.15) is 5.84 Å². The first-order chi connectivity index (χ1) is 21.8. The molecule has 1 aliphatic rings. The molecule has 6 aromatic carbocycles. The van der Waals surface area contributed by atoms with Gasteiger partial charge in [-0.25, -0.2) is 4.99 Å². The van der Waals surface area contributed by atoms with Gasteiger partial charge in [0.25, 0.3) is 0 Å². The van der Waals surface area contributed by atoms with E-state index in [1.54, 1.807) is 0 Å². The van der Waals surface area contributed by atoms with Gasteiger partial charge in [-0.3, -0.25) is 0 Å². The Morgan fingerprint density at radius 1 is 0.455 bits per heavy atom. The predicted octanol–water partition coefficient (Wildman–Crippen LogP) is 9.27. The highest BCUT2D eigenvalue weighted by Gasteiger charge is 2.18. The molecule has 0 atom stereocenters. The van der Waals surface area contributed by atoms with Gasteiger partial charge >= 0.3 is 0 Å². The summed E-state index contributed by atoms with van der Waals surface area (Å²) in [5, 5.41) is 8.54. The highest BCUT2D eigenvalue weighted by Crippen LogP contribution is 2.39. The number of amidine groups is 1. The number of nitrogens with zero attached hydrogens (tertiary/aromatic N) is 3. The molecule has 0 fully saturated rings. The van der Waals surface area contributed by atoms with Gasteiger partial charge in [0.15, 0.2) is 0 Å². The summed E-state index contributed by atoms with van der Waals surface area (Å²) in [7, 11) is 0. The standard InChI is InChI=1S/C40H28N4/c1-3-11-28(12-4-1)40-41-25-29(26-42-40)27-19-21-31(22-20-27)44-37-18-10-8-16-33(37)35-23-34-32-15-7-9-17-36(32)43(38(34)24-39(35)44)30-13-5-2-6-14-30/h1-25H,26H2,(H,41,42). The van der Waals surface area contributed by atoms with Gasteiger partial charge in [-0.15, -0.1) is 0 Å². The Hall–Kier alpha value is -5.87. The summed E-state index contributed by atoms with van der Waals surface area (Å²) in [4.78, 5) is 4.73. The molecule has 0 bridgehead atoms. The third-order valence-corrected chi connectivity index (χ3v) is 8.82. The zero-order valence-corrected chi connectivity index (χ0v) is 24.0. The van der Waals surface area contributed by atoms with Crippen molar-refractivity contribution in [2.24, 2.45) is 4.99 Å². The van der Waals surface area contributed by atoms with E-state index in [0.717, 1.165) is 29.3 Å². The van der Waals surface area contributed by atoms with Crippen LogP contribution in [-0.4, -0.2) is 21.5 Å². The normalized spacial score (nSPS) is 13.4. The van der Waals surface area contributed by atoms with Gasteiger partial charge in [0, 0.05) is 51.2 Å². The van der Waals surface area contributed by atoms with E-state index in [1.807, 2.05) is 24.4 Å². The van der Waals surface area contributed by atoms with Crippen LogP contribution in [0.3, 0.4) is 0 Å². The summed E-state index contributed by atoms with van der Waals surface area (Å²) in [5.74, 6) is 0.912. The molecule has 208 valence electrons. The fourth-order valence-corrected chi connectivity index (χ4v) is 6.75. The van der Waals surface area contributed by atoms with Crippen LogP contribution in [0.5, 0.6) is 0 Å². The highest BCUT2D eigenvalue weighted by molar-refractivity contribution is 6.19. The lowest BCUT2D eigenvalue weighted by Gasteiger charge is -2.17. The molecule has 8 aromatic rings. The quantitative estimate of drug-likeness (QED) is 0.227. The minimum absolute atomic E-state index is 0.741. The summed E-state index contributed by atoms with van der Waals surface area (Å²) in [6.45, 7) is 0.741. The molecular weight excluding hydrogens is 536 g/mol. The van der Waals surface area contributed by atoms with E-state index in [0.29, 0.717) is 0 Å². The van der Waals surface area contributed by atoms with Crippen LogP contribution in [0.1, 0.15) is 11.1 Å². The minimum Gasteiger partial charge on any atom is -0.365 e. The van der Waals surface area contributed by atoms with Crippen LogP contribution in [-0.2, 0) is 0 Å². The molecule has 2 aromatic heterocycles. The molecule has 0 amide bonds. The number of hydrogen-bond donors (Lipinski definition) is 1. The second kappa shape index (κ2) is 9.85. The first-order valence-corrected chi connectivity index (χ1v) is 15.0. The van der Waals surface area contributed by atoms with E-state index >= 15 is 0 Å². The van der Waals surface area contributed by atoms with Crippen molar-refractivity contribution in [2.45, 2.75) is 0 Å². The number of fused-ring (bicyclic) bond motifs is 6. The summed E-state index contributed by atoms with van der Waals surface area (Å²) in [5.41, 5.74) is 10.6. The lowest BCUT2D eigenvalue weighted by molar-refractivity contribution is 1.03. The van der Waals surface area contributed by atoms with Gasteiger partial charge in [-0.05, 0) is 59.7 Å². The molecular formula is C40H28N4. The zero-order chi connectivity index (χ0) is 29.0. The molecule has 0 unspecified atom stereocenters. The maximum Gasteiger partial charge on any atom is 0.133 e. The van der Waals surface area contributed by atoms with Crippen LogP contribution in [0, 0.1) is 0 Å². The average molecular weight is 565 g/mol. The molecule has 1 N–H and O–H groups in total. The first-order valence-electron chi connectivity index (χ1n) is 15.0. The molecule has 0 radical (unpaired) electrons. The van der Waals surface area contributed by atoms with E-state index in [2.05, 4.69) is 142 Å². The lowest BCUT2D eigenvalue weighted by Crippen LogP contribution is -2.28. The number of rotatable bonds is 4. The van der Waals surface area contributed by atoms with Gasteiger partial charge in [0.2, 0.25) is 0 Å². The number of benzene rings is 6. The smallest absolute Gasteiger partial charge is 0.133 e. The summed E-state index contributed by atoms with van der Waals surface area (Å²) in [6, 6.07) is 52.1. The van der Waals surface area contributed by atoms with Gasteiger partial charge in [-0.1, -0.05) is 97.1 Å². The molecule has 0 saturated carbocycles. The summed E-state index contributed by atoms with van der Waals surface area (Å²) in [6.07, 6.45) is 1.99. The largest absolute Gasteiger partial charge is 0.365 e. The summed E-state index contributed by atoms with van der Waals surface area (Å²) >= 11 is 0. The fourth-order valence-electron chi connectivity index (χ4n) is 6.75.